The predicted molar refractivity (Wildman–Crippen MR) is 107 cm³/mol. The summed E-state index contributed by atoms with van der Waals surface area (Å²) in [6.07, 6.45) is 9.56. The van der Waals surface area contributed by atoms with Crippen molar-refractivity contribution < 1.29 is 9.53 Å². The van der Waals surface area contributed by atoms with Crippen LogP contribution in [0, 0.1) is 5.92 Å². The molecule has 1 aromatic rings. The molecule has 4 aliphatic rings. The van der Waals surface area contributed by atoms with Crippen LogP contribution in [0.25, 0.3) is 0 Å². The average Bonchev–Trinajstić information content (AvgIpc) is 2.73. The number of hydrogen-bond donors (Lipinski definition) is 2. The Balaban J connectivity index is 1.61. The molecule has 5 rings (SSSR count). The number of ether oxygens (including phenoxy) is 1. The number of aromatic amines is 1. The minimum absolute atomic E-state index is 0.122. The summed E-state index contributed by atoms with van der Waals surface area (Å²) in [6.45, 7) is 2.69. The number of aromatic nitrogens is 2. The number of rotatable bonds is 2. The smallest absolute Gasteiger partial charge is 0.258 e. The molecular formula is C21H26N4O3. The van der Waals surface area contributed by atoms with Crippen LogP contribution >= 0.6 is 0 Å². The molecule has 7 nitrogen and oxygen atoms in total. The van der Waals surface area contributed by atoms with Crippen LogP contribution in [-0.2, 0) is 9.53 Å². The Morgan fingerprint density at radius 3 is 2.79 bits per heavy atom. The van der Waals surface area contributed by atoms with E-state index in [1.165, 1.54) is 0 Å². The van der Waals surface area contributed by atoms with Gasteiger partial charge in [-0.3, -0.25) is 14.6 Å². The van der Waals surface area contributed by atoms with Crippen LogP contribution < -0.4 is 15.8 Å². The van der Waals surface area contributed by atoms with Gasteiger partial charge in [-0.1, -0.05) is 12.2 Å². The predicted octanol–water partition coefficient (Wildman–Crippen LogP) is 2.48. The molecule has 0 aromatic carbocycles. The largest absolute Gasteiger partial charge is 0.378 e. The molecule has 148 valence electrons. The molecule has 0 unspecified atom stereocenters. The first-order chi connectivity index (χ1) is 13.7. The molecule has 2 aliphatic heterocycles. The molecule has 3 heterocycles. The molecule has 0 bridgehead atoms. The lowest BCUT2D eigenvalue weighted by Crippen LogP contribution is -2.40. The number of allylic oxidation sites excluding steroid dienone is 4. The van der Waals surface area contributed by atoms with Crippen molar-refractivity contribution in [2.24, 2.45) is 5.92 Å². The van der Waals surface area contributed by atoms with Crippen molar-refractivity contribution >= 4 is 17.5 Å². The standard InChI is InChI=1S/C21H26N4O3/c26-15-8-4-7-14-17(15)16(13-5-2-1-3-6-13)18-19(22-14)23-21(24-20(18)27)25-9-11-28-12-10-25/h1-2,13,16H,3-12H2,(H2,22,23,24,27)/t13-,16-/m0/s1. The van der Waals surface area contributed by atoms with Gasteiger partial charge in [0.15, 0.2) is 5.78 Å². The van der Waals surface area contributed by atoms with E-state index in [4.69, 9.17) is 9.72 Å². The number of nitrogens with zero attached hydrogens (tertiary/aromatic N) is 2. The maximum absolute atomic E-state index is 13.2. The summed E-state index contributed by atoms with van der Waals surface area (Å²) in [7, 11) is 0. The number of fused-ring (bicyclic) bond motifs is 1. The number of H-pyrrole nitrogens is 1. The first-order valence-corrected chi connectivity index (χ1v) is 10.4. The van der Waals surface area contributed by atoms with Gasteiger partial charge in [-0.15, -0.1) is 0 Å². The highest BCUT2D eigenvalue weighted by atomic mass is 16.5. The van der Waals surface area contributed by atoms with E-state index in [1.54, 1.807) is 0 Å². The van der Waals surface area contributed by atoms with Gasteiger partial charge >= 0.3 is 0 Å². The highest BCUT2D eigenvalue weighted by Gasteiger charge is 2.41. The zero-order valence-electron chi connectivity index (χ0n) is 16.0. The summed E-state index contributed by atoms with van der Waals surface area (Å²) in [4.78, 5) is 35.9. The first-order valence-electron chi connectivity index (χ1n) is 10.4. The van der Waals surface area contributed by atoms with Crippen molar-refractivity contribution in [2.45, 2.75) is 44.4 Å². The lowest BCUT2D eigenvalue weighted by molar-refractivity contribution is -0.116. The maximum atomic E-state index is 13.2. The minimum atomic E-state index is -0.154. The van der Waals surface area contributed by atoms with Gasteiger partial charge in [-0.2, -0.15) is 4.98 Å². The van der Waals surface area contributed by atoms with E-state index < -0.39 is 0 Å². The fourth-order valence-electron chi connectivity index (χ4n) is 5.01. The lowest BCUT2D eigenvalue weighted by atomic mass is 9.70. The molecule has 1 saturated heterocycles. The number of Topliss-reactive ketones (excluding diaryl/α,β-unsaturated/α-hetero) is 1. The Morgan fingerprint density at radius 2 is 2.00 bits per heavy atom. The highest BCUT2D eigenvalue weighted by molar-refractivity contribution is 6.00. The Kier molecular flexibility index (Phi) is 4.55. The number of anilines is 2. The van der Waals surface area contributed by atoms with Gasteiger partial charge < -0.3 is 15.0 Å². The van der Waals surface area contributed by atoms with Gasteiger partial charge in [0.1, 0.15) is 5.82 Å². The zero-order valence-corrected chi connectivity index (χ0v) is 16.0. The minimum Gasteiger partial charge on any atom is -0.378 e. The van der Waals surface area contributed by atoms with Gasteiger partial charge in [0, 0.05) is 36.7 Å². The fourth-order valence-corrected chi connectivity index (χ4v) is 5.01. The second-order valence-electron chi connectivity index (χ2n) is 8.07. The van der Waals surface area contributed by atoms with E-state index in [9.17, 15) is 9.59 Å². The van der Waals surface area contributed by atoms with Gasteiger partial charge in [-0.25, -0.2) is 0 Å². The van der Waals surface area contributed by atoms with E-state index >= 15 is 0 Å². The van der Waals surface area contributed by atoms with Crippen LogP contribution in [-0.4, -0.2) is 42.1 Å². The third kappa shape index (κ3) is 2.98. The Hall–Kier alpha value is -2.41. The number of nitrogens with one attached hydrogen (secondary N) is 2. The van der Waals surface area contributed by atoms with Crippen LogP contribution in [0.4, 0.5) is 11.8 Å². The molecule has 2 atom stereocenters. The zero-order chi connectivity index (χ0) is 19.1. The van der Waals surface area contributed by atoms with E-state index in [1.807, 2.05) is 0 Å². The topological polar surface area (TPSA) is 87.3 Å². The molecule has 28 heavy (non-hydrogen) atoms. The molecule has 1 aromatic heterocycles. The van der Waals surface area contributed by atoms with E-state index in [0.29, 0.717) is 50.1 Å². The van der Waals surface area contributed by atoms with Crippen molar-refractivity contribution in [1.29, 1.82) is 0 Å². The Morgan fingerprint density at radius 1 is 1.14 bits per heavy atom. The van der Waals surface area contributed by atoms with E-state index in [-0.39, 0.29) is 23.2 Å². The van der Waals surface area contributed by atoms with Crippen LogP contribution in [0.15, 0.2) is 28.2 Å². The van der Waals surface area contributed by atoms with Gasteiger partial charge in [-0.05, 0) is 38.0 Å². The van der Waals surface area contributed by atoms with Crippen LogP contribution in [0.5, 0.6) is 0 Å². The number of carbonyl (C=O) groups is 1. The third-order valence-electron chi connectivity index (χ3n) is 6.38. The Bertz CT molecular complexity index is 911. The number of morpholine rings is 1. The van der Waals surface area contributed by atoms with Crippen molar-refractivity contribution in [3.05, 3.63) is 39.3 Å². The fraction of sp³-hybridized carbons (Fsp3) is 0.571. The highest BCUT2D eigenvalue weighted by Crippen LogP contribution is 2.46. The SMILES string of the molecule is O=C1CCCC2=C1[C@H]([C@H]1CC=CCC1)c1c(nc(N3CCOCC3)[nH]c1=O)N2. The third-order valence-corrected chi connectivity index (χ3v) is 6.38. The molecular weight excluding hydrogens is 356 g/mol. The van der Waals surface area contributed by atoms with Crippen molar-refractivity contribution in [2.75, 3.05) is 36.5 Å². The second-order valence-corrected chi connectivity index (χ2v) is 8.07. The maximum Gasteiger partial charge on any atom is 0.258 e. The summed E-state index contributed by atoms with van der Waals surface area (Å²) in [5, 5.41) is 3.37. The lowest BCUT2D eigenvalue weighted by Gasteiger charge is -2.37. The monoisotopic (exact) mass is 382 g/mol. The van der Waals surface area contributed by atoms with Gasteiger partial charge in [0.05, 0.1) is 18.8 Å². The van der Waals surface area contributed by atoms with Gasteiger partial charge in [0.25, 0.3) is 5.56 Å². The van der Waals surface area contributed by atoms with Gasteiger partial charge in [0.2, 0.25) is 5.95 Å². The number of carbonyl (C=O) groups excluding carboxylic acids is 1. The molecule has 2 aliphatic carbocycles. The molecule has 0 radical (unpaired) electrons. The molecule has 2 N–H and O–H groups in total. The van der Waals surface area contributed by atoms with Crippen molar-refractivity contribution in [3.8, 4) is 0 Å². The number of hydrogen-bond acceptors (Lipinski definition) is 6. The molecule has 7 heteroatoms. The Labute approximate surface area is 163 Å². The van der Waals surface area contributed by atoms with Crippen LogP contribution in [0.3, 0.4) is 0 Å². The second kappa shape index (κ2) is 7.20. The summed E-state index contributed by atoms with van der Waals surface area (Å²) >= 11 is 0. The van der Waals surface area contributed by atoms with E-state index in [2.05, 4.69) is 27.4 Å². The van der Waals surface area contributed by atoms with Crippen LogP contribution in [0.2, 0.25) is 0 Å². The summed E-state index contributed by atoms with van der Waals surface area (Å²) in [5.74, 6) is 1.54. The molecule has 0 spiro atoms. The molecule has 0 amide bonds. The molecule has 1 fully saturated rings. The average molecular weight is 382 g/mol. The first kappa shape index (κ1) is 17.7. The number of ketones is 1. The normalized spacial score (nSPS) is 27.3. The molecule has 0 saturated carbocycles. The van der Waals surface area contributed by atoms with Crippen molar-refractivity contribution in [3.63, 3.8) is 0 Å². The van der Waals surface area contributed by atoms with E-state index in [0.717, 1.165) is 43.4 Å². The van der Waals surface area contributed by atoms with Crippen molar-refractivity contribution in [1.82, 2.24) is 9.97 Å². The van der Waals surface area contributed by atoms with Crippen LogP contribution in [0.1, 0.15) is 50.0 Å². The summed E-state index contributed by atoms with van der Waals surface area (Å²) in [5.41, 5.74) is 2.34. The summed E-state index contributed by atoms with van der Waals surface area (Å²) in [6, 6.07) is 0. The summed E-state index contributed by atoms with van der Waals surface area (Å²) < 4.78 is 5.41. The quantitative estimate of drug-likeness (QED) is 0.764.